The molecule has 3 nitrogen and oxygen atoms in total. The van der Waals surface area contributed by atoms with E-state index in [4.69, 9.17) is 16.3 Å². The second-order valence-electron chi connectivity index (χ2n) is 4.42. The summed E-state index contributed by atoms with van der Waals surface area (Å²) in [5.41, 5.74) is 1.38. The van der Waals surface area contributed by atoms with E-state index in [0.717, 1.165) is 18.6 Å². The SMILES string of the molecule is COc1ccc(C2(CNC(=O)CCl)CC2)cc1. The molecule has 0 radical (unpaired) electrons. The van der Waals surface area contributed by atoms with Gasteiger partial charge in [0.1, 0.15) is 11.6 Å². The first-order valence-corrected chi connectivity index (χ1v) is 6.21. The fourth-order valence-electron chi connectivity index (χ4n) is 1.98. The Morgan fingerprint density at radius 2 is 2.06 bits per heavy atom. The summed E-state index contributed by atoms with van der Waals surface area (Å²) in [6.45, 7) is 0.672. The second-order valence-corrected chi connectivity index (χ2v) is 4.69. The van der Waals surface area contributed by atoms with E-state index < -0.39 is 0 Å². The van der Waals surface area contributed by atoms with E-state index >= 15 is 0 Å². The molecule has 1 aliphatic carbocycles. The number of rotatable bonds is 5. The van der Waals surface area contributed by atoms with Crippen molar-refractivity contribution in [3.8, 4) is 5.75 Å². The summed E-state index contributed by atoms with van der Waals surface area (Å²) in [5, 5.41) is 2.86. The van der Waals surface area contributed by atoms with Gasteiger partial charge in [0.05, 0.1) is 7.11 Å². The Hall–Kier alpha value is -1.22. The molecule has 17 heavy (non-hydrogen) atoms. The van der Waals surface area contributed by atoms with Crippen molar-refractivity contribution in [3.63, 3.8) is 0 Å². The quantitative estimate of drug-likeness (QED) is 0.816. The molecule has 1 aromatic carbocycles. The average Bonchev–Trinajstić information content (AvgIpc) is 3.17. The van der Waals surface area contributed by atoms with E-state index in [1.165, 1.54) is 5.56 Å². The van der Waals surface area contributed by atoms with Crippen molar-refractivity contribution in [2.75, 3.05) is 19.5 Å². The Morgan fingerprint density at radius 1 is 1.41 bits per heavy atom. The molecular formula is C13H16ClNO2. The Morgan fingerprint density at radius 3 is 2.53 bits per heavy atom. The minimum absolute atomic E-state index is 0.0265. The van der Waals surface area contributed by atoms with E-state index in [-0.39, 0.29) is 17.2 Å². The number of halogens is 1. The predicted octanol–water partition coefficient (Wildman–Crippen LogP) is 2.08. The Bertz CT molecular complexity index is 398. The molecule has 0 aromatic heterocycles. The highest BCUT2D eigenvalue weighted by atomic mass is 35.5. The number of nitrogens with one attached hydrogen (secondary N) is 1. The van der Waals surface area contributed by atoms with Gasteiger partial charge in [0, 0.05) is 12.0 Å². The van der Waals surface area contributed by atoms with Gasteiger partial charge in [-0.1, -0.05) is 12.1 Å². The minimum Gasteiger partial charge on any atom is -0.497 e. The number of carbonyl (C=O) groups excluding carboxylic acids is 1. The lowest BCUT2D eigenvalue weighted by Gasteiger charge is -2.16. The van der Waals surface area contributed by atoms with Gasteiger partial charge in [-0.25, -0.2) is 0 Å². The average molecular weight is 254 g/mol. The standard InChI is InChI=1S/C13H16ClNO2/c1-17-11-4-2-10(3-5-11)13(6-7-13)9-15-12(16)8-14/h2-5H,6-9H2,1H3,(H,15,16). The topological polar surface area (TPSA) is 38.3 Å². The third kappa shape index (κ3) is 2.72. The number of hydrogen-bond acceptors (Lipinski definition) is 2. The lowest BCUT2D eigenvalue weighted by Crippen LogP contribution is -2.32. The van der Waals surface area contributed by atoms with Crippen molar-refractivity contribution in [3.05, 3.63) is 29.8 Å². The Balaban J connectivity index is 2.02. The summed E-state index contributed by atoms with van der Waals surface area (Å²) in [4.78, 5) is 11.2. The summed E-state index contributed by atoms with van der Waals surface area (Å²) in [6.07, 6.45) is 2.23. The summed E-state index contributed by atoms with van der Waals surface area (Å²) in [7, 11) is 1.66. The van der Waals surface area contributed by atoms with Crippen LogP contribution in [0, 0.1) is 0 Å². The molecule has 1 amide bonds. The van der Waals surface area contributed by atoms with Gasteiger partial charge >= 0.3 is 0 Å². The van der Waals surface area contributed by atoms with Crippen LogP contribution in [-0.2, 0) is 10.2 Å². The van der Waals surface area contributed by atoms with Gasteiger partial charge in [0.15, 0.2) is 0 Å². The molecule has 1 fully saturated rings. The molecule has 1 N–H and O–H groups in total. The lowest BCUT2D eigenvalue weighted by molar-refractivity contribution is -0.118. The normalized spacial score (nSPS) is 16.4. The van der Waals surface area contributed by atoms with Crippen LogP contribution in [0.25, 0.3) is 0 Å². The number of ether oxygens (including phenoxy) is 1. The van der Waals surface area contributed by atoms with Gasteiger partial charge < -0.3 is 10.1 Å². The molecular weight excluding hydrogens is 238 g/mol. The van der Waals surface area contributed by atoms with Crippen molar-refractivity contribution >= 4 is 17.5 Å². The van der Waals surface area contributed by atoms with Crippen LogP contribution >= 0.6 is 11.6 Å². The maximum Gasteiger partial charge on any atom is 0.234 e. The molecule has 2 rings (SSSR count). The first-order chi connectivity index (χ1) is 8.20. The number of benzene rings is 1. The van der Waals surface area contributed by atoms with Gasteiger partial charge in [-0.3, -0.25) is 4.79 Å². The van der Waals surface area contributed by atoms with Gasteiger partial charge in [0.25, 0.3) is 0 Å². The van der Waals surface area contributed by atoms with Gasteiger partial charge in [-0.15, -0.1) is 11.6 Å². The number of hydrogen-bond donors (Lipinski definition) is 1. The van der Waals surface area contributed by atoms with Crippen LogP contribution in [0.2, 0.25) is 0 Å². The van der Waals surface area contributed by atoms with Gasteiger partial charge in [0.2, 0.25) is 5.91 Å². The third-order valence-electron chi connectivity index (χ3n) is 3.30. The largest absolute Gasteiger partial charge is 0.497 e. The summed E-state index contributed by atoms with van der Waals surface area (Å²) in [6, 6.07) is 8.05. The Labute approximate surface area is 106 Å². The summed E-state index contributed by atoms with van der Waals surface area (Å²) >= 11 is 5.46. The number of alkyl halides is 1. The lowest BCUT2D eigenvalue weighted by atomic mass is 9.96. The van der Waals surface area contributed by atoms with E-state index in [2.05, 4.69) is 17.4 Å². The van der Waals surface area contributed by atoms with E-state index in [0.29, 0.717) is 6.54 Å². The monoisotopic (exact) mass is 253 g/mol. The molecule has 0 saturated heterocycles. The molecule has 92 valence electrons. The van der Waals surface area contributed by atoms with Crippen LogP contribution in [0.4, 0.5) is 0 Å². The maximum absolute atomic E-state index is 11.2. The molecule has 1 aliphatic rings. The smallest absolute Gasteiger partial charge is 0.234 e. The summed E-state index contributed by atoms with van der Waals surface area (Å²) < 4.78 is 5.13. The van der Waals surface area contributed by atoms with E-state index in [1.807, 2.05) is 12.1 Å². The maximum atomic E-state index is 11.2. The molecule has 0 bridgehead atoms. The Kier molecular flexibility index (Phi) is 3.57. The fraction of sp³-hybridized carbons (Fsp3) is 0.462. The molecule has 0 unspecified atom stereocenters. The van der Waals surface area contributed by atoms with Crippen molar-refractivity contribution < 1.29 is 9.53 Å². The number of methoxy groups -OCH3 is 1. The van der Waals surface area contributed by atoms with Crippen LogP contribution in [-0.4, -0.2) is 25.4 Å². The van der Waals surface area contributed by atoms with Crippen molar-refractivity contribution in [1.29, 1.82) is 0 Å². The van der Waals surface area contributed by atoms with Crippen LogP contribution in [0.5, 0.6) is 5.75 Å². The van der Waals surface area contributed by atoms with Crippen LogP contribution in [0.15, 0.2) is 24.3 Å². The van der Waals surface area contributed by atoms with Crippen molar-refractivity contribution in [1.82, 2.24) is 5.32 Å². The molecule has 1 aromatic rings. The van der Waals surface area contributed by atoms with E-state index in [9.17, 15) is 4.79 Å². The first kappa shape index (κ1) is 12.2. The second kappa shape index (κ2) is 4.96. The molecule has 0 heterocycles. The number of carbonyl (C=O) groups is 1. The molecule has 0 aliphatic heterocycles. The highest BCUT2D eigenvalue weighted by Gasteiger charge is 2.44. The summed E-state index contributed by atoms with van der Waals surface area (Å²) in [5.74, 6) is 0.777. The minimum atomic E-state index is -0.105. The molecule has 0 spiro atoms. The van der Waals surface area contributed by atoms with Crippen LogP contribution in [0.3, 0.4) is 0 Å². The predicted molar refractivity (Wildman–Crippen MR) is 67.6 cm³/mol. The molecule has 4 heteroatoms. The molecule has 0 atom stereocenters. The zero-order valence-electron chi connectivity index (χ0n) is 9.83. The molecule has 1 saturated carbocycles. The third-order valence-corrected chi connectivity index (χ3v) is 3.54. The first-order valence-electron chi connectivity index (χ1n) is 5.67. The highest BCUT2D eigenvalue weighted by molar-refractivity contribution is 6.27. The number of amides is 1. The van der Waals surface area contributed by atoms with Crippen molar-refractivity contribution in [2.45, 2.75) is 18.3 Å². The van der Waals surface area contributed by atoms with Crippen molar-refractivity contribution in [2.24, 2.45) is 0 Å². The van der Waals surface area contributed by atoms with Crippen LogP contribution in [0.1, 0.15) is 18.4 Å². The highest BCUT2D eigenvalue weighted by Crippen LogP contribution is 2.47. The van der Waals surface area contributed by atoms with Gasteiger partial charge in [-0.2, -0.15) is 0 Å². The zero-order chi connectivity index (χ0) is 12.3. The fourth-order valence-corrected chi connectivity index (χ4v) is 2.07. The van der Waals surface area contributed by atoms with Crippen LogP contribution < -0.4 is 10.1 Å². The zero-order valence-corrected chi connectivity index (χ0v) is 10.6. The van der Waals surface area contributed by atoms with Gasteiger partial charge in [-0.05, 0) is 30.5 Å². The van der Waals surface area contributed by atoms with E-state index in [1.54, 1.807) is 7.11 Å².